The van der Waals surface area contributed by atoms with Crippen molar-refractivity contribution in [2.45, 2.75) is 0 Å². The Bertz CT molecular complexity index is 314. The molecule has 0 saturated carbocycles. The van der Waals surface area contributed by atoms with E-state index < -0.39 is 11.7 Å². The summed E-state index contributed by atoms with van der Waals surface area (Å²) >= 11 is 0. The summed E-state index contributed by atoms with van der Waals surface area (Å²) in [5.41, 5.74) is 0.138. The minimum Gasteiger partial charge on any atom is -0.343 e. The molecule has 0 aliphatic carbocycles. The first-order valence-corrected chi connectivity index (χ1v) is 3.33. The van der Waals surface area contributed by atoms with Crippen LogP contribution in [0.1, 0.15) is 0 Å². The first-order chi connectivity index (χ1) is 5.74. The van der Waals surface area contributed by atoms with E-state index in [1.807, 2.05) is 0 Å². The van der Waals surface area contributed by atoms with Crippen molar-refractivity contribution in [2.24, 2.45) is 0 Å². The smallest absolute Gasteiger partial charge is 0.343 e. The summed E-state index contributed by atoms with van der Waals surface area (Å²) in [6.07, 6.45) is 1.08. The van der Waals surface area contributed by atoms with Gasteiger partial charge in [-0.05, 0) is 11.8 Å². The molecular weight excluding hydrogens is 246 g/mol. The second-order valence-electron chi connectivity index (χ2n) is 2.10. The van der Waals surface area contributed by atoms with E-state index in [0.29, 0.717) is 0 Å². The molecule has 1 rings (SSSR count). The van der Waals surface area contributed by atoms with Gasteiger partial charge in [0.15, 0.2) is 0 Å². The summed E-state index contributed by atoms with van der Waals surface area (Å²) < 4.78 is 12.8. The second-order valence-corrected chi connectivity index (χ2v) is 2.10. The molecule has 1 amide bonds. The minimum absolute atomic E-state index is 0. The third-order valence-corrected chi connectivity index (χ3v) is 1.26. The molecule has 0 atom stereocenters. The predicted octanol–water partition coefficient (Wildman–Crippen LogP) is 1.75. The van der Waals surface area contributed by atoms with Crippen LogP contribution in [0.2, 0.25) is 0 Å². The molecule has 13 heavy (non-hydrogen) atoms. The molecule has 0 bridgehead atoms. The third kappa shape index (κ3) is 3.79. The number of nitrogens with one attached hydrogen (secondary N) is 1. The molecule has 62 valence electrons. The Morgan fingerprint density at radius 3 is 2.92 bits per heavy atom. The van der Waals surface area contributed by atoms with E-state index in [1.165, 1.54) is 12.1 Å². The number of anilines is 1. The third-order valence-electron chi connectivity index (χ3n) is 1.26. The van der Waals surface area contributed by atoms with E-state index in [-0.39, 0.29) is 38.4 Å². The van der Waals surface area contributed by atoms with Crippen molar-refractivity contribution in [3.05, 3.63) is 42.7 Å². The van der Waals surface area contributed by atoms with Gasteiger partial charge in [-0.1, -0.05) is 6.58 Å². The van der Waals surface area contributed by atoms with Crippen molar-refractivity contribution in [1.29, 1.82) is 0 Å². The summed E-state index contributed by atoms with van der Waals surface area (Å²) in [7, 11) is 0. The molecule has 0 saturated heterocycles. The predicted molar refractivity (Wildman–Crippen MR) is 44.1 cm³/mol. The van der Waals surface area contributed by atoms with E-state index in [4.69, 9.17) is 0 Å². The van der Waals surface area contributed by atoms with Gasteiger partial charge in [0.1, 0.15) is 0 Å². The molecule has 1 aromatic rings. The maximum absolute atomic E-state index is 12.8. The summed E-state index contributed by atoms with van der Waals surface area (Å²) in [6.45, 7) is 3.24. The Morgan fingerprint density at radius 2 is 2.38 bits per heavy atom. The first kappa shape index (κ1) is 12.5. The molecule has 0 aromatic heterocycles. The number of hydrogen-bond donors (Lipinski definition) is 1. The Hall–Kier alpha value is -0.536. The molecule has 0 aliphatic rings. The van der Waals surface area contributed by atoms with Crippen molar-refractivity contribution in [3.63, 3.8) is 0 Å². The number of hydrogen-bond acceptors (Lipinski definition) is 1. The van der Waals surface area contributed by atoms with Gasteiger partial charge in [0.2, 0.25) is 5.91 Å². The van der Waals surface area contributed by atoms with Crippen LogP contribution in [0.15, 0.2) is 30.9 Å². The van der Waals surface area contributed by atoms with Crippen LogP contribution in [-0.2, 0) is 37.5 Å². The van der Waals surface area contributed by atoms with Crippen LogP contribution < -0.4 is 5.32 Å². The summed E-state index contributed by atoms with van der Waals surface area (Å²) in [6, 6.07) is 6.63. The molecule has 2 nitrogen and oxygen atoms in total. The molecular formula is C9H7FNOY+2. The molecule has 0 heterocycles. The average Bonchev–Trinajstić information content (AvgIpc) is 2.09. The Kier molecular flexibility index (Phi) is 5.75. The number of halogens is 1. The summed E-state index contributed by atoms with van der Waals surface area (Å²) in [4.78, 5) is 10.7. The van der Waals surface area contributed by atoms with Crippen LogP contribution >= 0.6 is 0 Å². The number of benzene rings is 1. The fraction of sp³-hybridized carbons (Fsp3) is 0. The van der Waals surface area contributed by atoms with E-state index >= 15 is 0 Å². The maximum Gasteiger partial charge on any atom is 3.00 e. The fourth-order valence-corrected chi connectivity index (χ4v) is 0.695. The Morgan fingerprint density at radius 1 is 1.69 bits per heavy atom. The number of carbonyl (C=O) groups is 1. The second kappa shape index (κ2) is 6.00. The van der Waals surface area contributed by atoms with Crippen LogP contribution in [0.25, 0.3) is 0 Å². The molecule has 1 aromatic carbocycles. The van der Waals surface area contributed by atoms with Gasteiger partial charge in [0, 0.05) is 5.82 Å². The number of amides is 1. The van der Waals surface area contributed by atoms with Gasteiger partial charge < -0.3 is 5.32 Å². The van der Waals surface area contributed by atoms with Crippen LogP contribution in [0, 0.1) is 11.9 Å². The summed E-state index contributed by atoms with van der Waals surface area (Å²) in [5.74, 6) is -0.937. The molecule has 4 heteroatoms. The summed E-state index contributed by atoms with van der Waals surface area (Å²) in [5, 5.41) is 2.31. The zero-order chi connectivity index (χ0) is 8.97. The van der Waals surface area contributed by atoms with Crippen LogP contribution in [-0.4, -0.2) is 5.91 Å². The van der Waals surface area contributed by atoms with Crippen molar-refractivity contribution in [1.82, 2.24) is 0 Å². The zero-order valence-corrected chi connectivity index (χ0v) is 9.72. The van der Waals surface area contributed by atoms with E-state index in [9.17, 15) is 9.18 Å². The van der Waals surface area contributed by atoms with Gasteiger partial charge in [-0.15, -0.1) is 12.1 Å². The van der Waals surface area contributed by atoms with Gasteiger partial charge in [-0.2, -0.15) is 12.1 Å². The standard InChI is InChI=1S/C9H7FNO.Y/c1-2-9(12)11-8-6-4-3-5-7(8)10;/h2,4-6H,1H2,(H,11,12);/q-1;+3. The molecule has 0 aliphatic heterocycles. The molecule has 0 radical (unpaired) electrons. The van der Waals surface area contributed by atoms with Crippen LogP contribution in [0.5, 0.6) is 0 Å². The molecule has 0 spiro atoms. The maximum atomic E-state index is 12.8. The average molecular weight is 253 g/mol. The minimum atomic E-state index is -0.507. The van der Waals surface area contributed by atoms with E-state index in [2.05, 4.69) is 18.0 Å². The van der Waals surface area contributed by atoms with E-state index in [0.717, 1.165) is 12.1 Å². The van der Waals surface area contributed by atoms with Crippen molar-refractivity contribution < 1.29 is 41.9 Å². The fourth-order valence-electron chi connectivity index (χ4n) is 0.695. The van der Waals surface area contributed by atoms with Crippen molar-refractivity contribution in [2.75, 3.05) is 5.32 Å². The van der Waals surface area contributed by atoms with Gasteiger partial charge in [0.25, 0.3) is 0 Å². The van der Waals surface area contributed by atoms with Gasteiger partial charge in [-0.3, -0.25) is 9.18 Å². The SMILES string of the molecule is C=CC(=O)Nc1cc[c-]cc1F.[Y+3]. The van der Waals surface area contributed by atoms with E-state index in [1.54, 1.807) is 0 Å². The van der Waals surface area contributed by atoms with Crippen LogP contribution in [0.3, 0.4) is 0 Å². The topological polar surface area (TPSA) is 29.1 Å². The Labute approximate surface area is 101 Å². The Balaban J connectivity index is 0.00000144. The van der Waals surface area contributed by atoms with Gasteiger partial charge in [0.05, 0.1) is 0 Å². The zero-order valence-electron chi connectivity index (χ0n) is 6.88. The van der Waals surface area contributed by atoms with Gasteiger partial charge in [-0.25, -0.2) is 0 Å². The monoisotopic (exact) mass is 253 g/mol. The molecule has 1 N–H and O–H groups in total. The molecule has 0 unspecified atom stereocenters. The number of carbonyl (C=O) groups excluding carboxylic acids is 1. The first-order valence-electron chi connectivity index (χ1n) is 3.33. The van der Waals surface area contributed by atoms with Crippen molar-refractivity contribution in [3.8, 4) is 0 Å². The number of rotatable bonds is 2. The van der Waals surface area contributed by atoms with Crippen molar-refractivity contribution >= 4 is 11.6 Å². The molecule has 0 fully saturated rings. The van der Waals surface area contributed by atoms with Crippen LogP contribution in [0.4, 0.5) is 10.1 Å². The normalized spacial score (nSPS) is 8.38. The largest absolute Gasteiger partial charge is 3.00 e. The van der Waals surface area contributed by atoms with Gasteiger partial charge >= 0.3 is 32.7 Å². The quantitative estimate of drug-likeness (QED) is 0.631.